The molecule has 0 amide bonds. The van der Waals surface area contributed by atoms with Gasteiger partial charge in [-0.2, -0.15) is 0 Å². The van der Waals surface area contributed by atoms with Gasteiger partial charge in [-0.05, 0) is 65.6 Å². The maximum absolute atomic E-state index is 12.1. The number of benzene rings is 1. The molecule has 21 heavy (non-hydrogen) atoms. The fraction of sp³-hybridized carbons (Fsp3) is 0.375. The number of hydrogen-bond acceptors (Lipinski definition) is 3. The Balaban J connectivity index is 1.82. The summed E-state index contributed by atoms with van der Waals surface area (Å²) in [4.78, 5) is 22.1. The number of fused-ring (bicyclic) bond motifs is 1. The molecular weight excluding hydrogens is 377 g/mol. The normalized spacial score (nSPS) is 17.1. The van der Waals surface area contributed by atoms with Crippen LogP contribution in [-0.2, 0) is 6.42 Å². The minimum Gasteiger partial charge on any atom is -0.374 e. The molecule has 4 rings (SSSR count). The van der Waals surface area contributed by atoms with E-state index in [-0.39, 0.29) is 5.56 Å². The van der Waals surface area contributed by atoms with Crippen molar-refractivity contribution in [1.29, 1.82) is 0 Å². The van der Waals surface area contributed by atoms with Crippen LogP contribution in [0.25, 0.3) is 11.4 Å². The largest absolute Gasteiger partial charge is 0.374 e. The Morgan fingerprint density at radius 2 is 2.19 bits per heavy atom. The molecule has 1 fully saturated rings. The van der Waals surface area contributed by atoms with Crippen LogP contribution in [0.2, 0.25) is 0 Å². The minimum absolute atomic E-state index is 0.0138. The van der Waals surface area contributed by atoms with Gasteiger partial charge in [0.15, 0.2) is 0 Å². The third-order valence-electron chi connectivity index (χ3n) is 4.33. The van der Waals surface area contributed by atoms with Crippen LogP contribution in [-0.4, -0.2) is 23.6 Å². The monoisotopic (exact) mass is 393 g/mol. The quantitative estimate of drug-likeness (QED) is 0.799. The van der Waals surface area contributed by atoms with Gasteiger partial charge in [0.1, 0.15) is 5.82 Å². The molecule has 108 valence electrons. The van der Waals surface area contributed by atoms with E-state index in [2.05, 4.69) is 57.7 Å². The Hall–Kier alpha value is -1.37. The molecule has 1 N–H and O–H groups in total. The fourth-order valence-electron chi connectivity index (χ4n) is 2.95. The van der Waals surface area contributed by atoms with Gasteiger partial charge in [0, 0.05) is 30.8 Å². The second-order valence-electron chi connectivity index (χ2n) is 5.90. The van der Waals surface area contributed by atoms with Crippen molar-refractivity contribution in [3.8, 4) is 11.4 Å². The van der Waals surface area contributed by atoms with E-state index in [9.17, 15) is 4.79 Å². The first-order valence-electron chi connectivity index (χ1n) is 7.27. The Morgan fingerprint density at radius 1 is 1.38 bits per heavy atom. The van der Waals surface area contributed by atoms with E-state index in [1.54, 1.807) is 0 Å². The number of nitrogens with zero attached hydrogens (tertiary/aromatic N) is 2. The van der Waals surface area contributed by atoms with Crippen molar-refractivity contribution in [2.24, 2.45) is 0 Å². The maximum atomic E-state index is 12.1. The summed E-state index contributed by atoms with van der Waals surface area (Å²) in [5, 5.41) is 0. The third-order valence-corrected chi connectivity index (χ3v) is 5.38. The zero-order chi connectivity index (χ0) is 14.6. The zero-order valence-corrected chi connectivity index (χ0v) is 14.0. The first-order valence-corrected chi connectivity index (χ1v) is 8.35. The van der Waals surface area contributed by atoms with Gasteiger partial charge < -0.3 is 9.88 Å². The van der Waals surface area contributed by atoms with Gasteiger partial charge in [-0.15, -0.1) is 0 Å². The smallest absolute Gasteiger partial charge is 0.264 e. The number of aromatic amines is 1. The highest BCUT2D eigenvalue weighted by atomic mass is 127. The SMILES string of the molecule is CN1CCc2cc(-c3nc(C4CC4)c(I)c(=O)[nH]3)ccc21. The highest BCUT2D eigenvalue weighted by molar-refractivity contribution is 14.1. The number of likely N-dealkylation sites (N-methyl/N-ethyl adjacent to an activating group) is 1. The molecule has 4 nitrogen and oxygen atoms in total. The van der Waals surface area contributed by atoms with Crippen molar-refractivity contribution in [3.63, 3.8) is 0 Å². The molecular formula is C16H16IN3O. The summed E-state index contributed by atoms with van der Waals surface area (Å²) >= 11 is 2.12. The number of halogens is 1. The summed E-state index contributed by atoms with van der Waals surface area (Å²) in [6, 6.07) is 6.36. The van der Waals surface area contributed by atoms with Gasteiger partial charge in [0.2, 0.25) is 0 Å². The lowest BCUT2D eigenvalue weighted by molar-refractivity contribution is 0.954. The number of nitrogens with one attached hydrogen (secondary N) is 1. The van der Waals surface area contributed by atoms with Crippen molar-refractivity contribution >= 4 is 28.3 Å². The van der Waals surface area contributed by atoms with Gasteiger partial charge >= 0.3 is 0 Å². The lowest BCUT2D eigenvalue weighted by Crippen LogP contribution is -2.16. The molecule has 1 aromatic carbocycles. The first-order chi connectivity index (χ1) is 10.1. The Labute approximate surface area is 136 Å². The molecule has 1 aliphatic carbocycles. The Kier molecular flexibility index (Phi) is 3.06. The van der Waals surface area contributed by atoms with Crippen molar-refractivity contribution < 1.29 is 0 Å². The molecule has 2 aliphatic rings. The second-order valence-corrected chi connectivity index (χ2v) is 6.98. The molecule has 1 saturated carbocycles. The second kappa shape index (κ2) is 4.83. The summed E-state index contributed by atoms with van der Waals surface area (Å²) in [6.07, 6.45) is 3.37. The fourth-order valence-corrected chi connectivity index (χ4v) is 3.65. The highest BCUT2D eigenvalue weighted by Gasteiger charge is 2.29. The van der Waals surface area contributed by atoms with Gasteiger partial charge in [-0.3, -0.25) is 4.79 Å². The predicted octanol–water partition coefficient (Wildman–Crippen LogP) is 2.91. The number of aromatic nitrogens is 2. The molecule has 0 saturated heterocycles. The third kappa shape index (κ3) is 2.27. The van der Waals surface area contributed by atoms with Gasteiger partial charge in [0.25, 0.3) is 5.56 Å². The van der Waals surface area contributed by atoms with E-state index < -0.39 is 0 Å². The van der Waals surface area contributed by atoms with E-state index in [1.807, 2.05) is 0 Å². The lowest BCUT2D eigenvalue weighted by Gasteiger charge is -2.12. The minimum atomic E-state index is -0.0138. The molecule has 0 bridgehead atoms. The highest BCUT2D eigenvalue weighted by Crippen LogP contribution is 2.40. The first kappa shape index (κ1) is 13.3. The van der Waals surface area contributed by atoms with Crippen LogP contribution in [0.15, 0.2) is 23.0 Å². The summed E-state index contributed by atoms with van der Waals surface area (Å²) in [7, 11) is 2.11. The van der Waals surface area contributed by atoms with Crippen molar-refractivity contribution in [2.75, 3.05) is 18.5 Å². The van der Waals surface area contributed by atoms with Gasteiger partial charge in [-0.25, -0.2) is 4.98 Å². The van der Waals surface area contributed by atoms with Crippen LogP contribution in [0.4, 0.5) is 5.69 Å². The number of H-pyrrole nitrogens is 1. The molecule has 1 aromatic heterocycles. The Bertz CT molecular complexity index is 780. The molecule has 1 aliphatic heterocycles. The summed E-state index contributed by atoms with van der Waals surface area (Å²) in [5.41, 5.74) is 4.60. The molecule has 0 radical (unpaired) electrons. The van der Waals surface area contributed by atoms with Crippen molar-refractivity contribution in [1.82, 2.24) is 9.97 Å². The molecule has 0 unspecified atom stereocenters. The lowest BCUT2D eigenvalue weighted by atomic mass is 10.1. The van der Waals surface area contributed by atoms with E-state index in [0.29, 0.717) is 11.7 Å². The van der Waals surface area contributed by atoms with Gasteiger partial charge in [-0.1, -0.05) is 0 Å². The van der Waals surface area contributed by atoms with Crippen molar-refractivity contribution in [2.45, 2.75) is 25.2 Å². The summed E-state index contributed by atoms with van der Waals surface area (Å²) in [6.45, 7) is 1.06. The number of anilines is 1. The maximum Gasteiger partial charge on any atom is 0.264 e. The van der Waals surface area contributed by atoms with Crippen LogP contribution in [0.3, 0.4) is 0 Å². The van der Waals surface area contributed by atoms with Crippen LogP contribution < -0.4 is 10.5 Å². The summed E-state index contributed by atoms with van der Waals surface area (Å²) < 4.78 is 0.750. The molecule has 2 heterocycles. The predicted molar refractivity (Wildman–Crippen MR) is 92.0 cm³/mol. The van der Waals surface area contributed by atoms with Gasteiger partial charge in [0.05, 0.1) is 9.26 Å². The van der Waals surface area contributed by atoms with E-state index in [4.69, 9.17) is 4.98 Å². The number of hydrogen-bond donors (Lipinski definition) is 1. The van der Waals surface area contributed by atoms with Crippen LogP contribution in [0.5, 0.6) is 0 Å². The Morgan fingerprint density at radius 3 is 2.95 bits per heavy atom. The van der Waals surface area contributed by atoms with E-state index >= 15 is 0 Å². The molecule has 0 spiro atoms. The molecule has 2 aromatic rings. The number of rotatable bonds is 2. The van der Waals surface area contributed by atoms with E-state index in [0.717, 1.165) is 40.6 Å². The van der Waals surface area contributed by atoms with Crippen LogP contribution >= 0.6 is 22.6 Å². The molecule has 5 heteroatoms. The van der Waals surface area contributed by atoms with Crippen molar-refractivity contribution in [3.05, 3.63) is 43.4 Å². The molecule has 0 atom stereocenters. The standard InChI is InChI=1S/C16H16IN3O/c1-20-7-6-10-8-11(4-5-12(10)20)15-18-14(9-2-3-9)13(17)16(21)19-15/h4-5,8-9H,2-3,6-7H2,1H3,(H,18,19,21). The summed E-state index contributed by atoms with van der Waals surface area (Å²) in [5.74, 6) is 1.19. The average Bonchev–Trinajstić information content (AvgIpc) is 3.26. The average molecular weight is 393 g/mol. The zero-order valence-electron chi connectivity index (χ0n) is 11.8. The van der Waals surface area contributed by atoms with E-state index in [1.165, 1.54) is 11.3 Å². The van der Waals surface area contributed by atoms with Crippen LogP contribution in [0, 0.1) is 3.57 Å². The topological polar surface area (TPSA) is 49.0 Å². The van der Waals surface area contributed by atoms with Crippen LogP contribution in [0.1, 0.15) is 30.0 Å².